The van der Waals surface area contributed by atoms with Crippen molar-refractivity contribution in [3.8, 4) is 0 Å². The monoisotopic (exact) mass is 370 g/mol. The van der Waals surface area contributed by atoms with Gasteiger partial charge in [-0.1, -0.05) is 13.8 Å². The molecule has 0 spiro atoms. The molecule has 0 aliphatic carbocycles. The number of nitrogens with zero attached hydrogens (tertiary/aromatic N) is 4. The Kier molecular flexibility index (Phi) is 5.73. The number of pyridine rings is 1. The normalized spacial score (nSPS) is 13.4. The van der Waals surface area contributed by atoms with Crippen molar-refractivity contribution in [1.82, 2.24) is 30.3 Å². The predicted molar refractivity (Wildman–Crippen MR) is 101 cm³/mol. The van der Waals surface area contributed by atoms with E-state index in [4.69, 9.17) is 0 Å². The first-order valence-electron chi connectivity index (χ1n) is 9.19. The summed E-state index contributed by atoms with van der Waals surface area (Å²) < 4.78 is 1.92. The number of carbonyl (C=O) groups is 2. The summed E-state index contributed by atoms with van der Waals surface area (Å²) >= 11 is 0. The molecular formula is C19H26N6O2. The second kappa shape index (κ2) is 8.20. The van der Waals surface area contributed by atoms with Crippen LogP contribution in [0.5, 0.6) is 0 Å². The number of amides is 3. The van der Waals surface area contributed by atoms with Crippen LogP contribution in [-0.4, -0.2) is 38.1 Å². The highest BCUT2D eigenvalue weighted by Gasteiger charge is 2.23. The molecule has 0 fully saturated rings. The van der Waals surface area contributed by atoms with Gasteiger partial charge in [-0.3, -0.25) is 14.5 Å². The third-order valence-electron chi connectivity index (χ3n) is 4.66. The lowest BCUT2D eigenvalue weighted by Crippen LogP contribution is -2.40. The summed E-state index contributed by atoms with van der Waals surface area (Å²) in [6, 6.07) is 3.60. The van der Waals surface area contributed by atoms with Gasteiger partial charge in [-0.25, -0.2) is 4.79 Å². The number of urea groups is 1. The topological polar surface area (TPSA) is 92.2 Å². The van der Waals surface area contributed by atoms with E-state index in [1.165, 1.54) is 0 Å². The van der Waals surface area contributed by atoms with E-state index < -0.39 is 0 Å². The second-order valence-electron chi connectivity index (χ2n) is 7.10. The lowest BCUT2D eigenvalue weighted by Gasteiger charge is -2.29. The minimum atomic E-state index is -0.242. The average molecular weight is 370 g/mol. The molecule has 144 valence electrons. The first kappa shape index (κ1) is 18.9. The summed E-state index contributed by atoms with van der Waals surface area (Å²) in [5.41, 5.74) is 3.87. The van der Waals surface area contributed by atoms with Gasteiger partial charge in [-0.15, -0.1) is 0 Å². The van der Waals surface area contributed by atoms with Crippen molar-refractivity contribution >= 4 is 11.9 Å². The van der Waals surface area contributed by atoms with Gasteiger partial charge in [0.25, 0.3) is 0 Å². The van der Waals surface area contributed by atoms with Crippen molar-refractivity contribution < 1.29 is 9.59 Å². The zero-order valence-corrected chi connectivity index (χ0v) is 16.0. The summed E-state index contributed by atoms with van der Waals surface area (Å²) in [6.07, 6.45) is 3.49. The Labute approximate surface area is 159 Å². The van der Waals surface area contributed by atoms with E-state index in [2.05, 4.69) is 20.7 Å². The Morgan fingerprint density at radius 2 is 2.00 bits per heavy atom. The summed E-state index contributed by atoms with van der Waals surface area (Å²) in [6.45, 7) is 8.50. The first-order chi connectivity index (χ1) is 12.9. The maximum atomic E-state index is 12.2. The van der Waals surface area contributed by atoms with Crippen LogP contribution >= 0.6 is 0 Å². The average Bonchev–Trinajstić information content (AvgIpc) is 3.07. The Morgan fingerprint density at radius 3 is 2.74 bits per heavy atom. The molecule has 8 heteroatoms. The van der Waals surface area contributed by atoms with Gasteiger partial charge in [0.1, 0.15) is 0 Å². The molecular weight excluding hydrogens is 344 g/mol. The number of fused-ring (bicyclic) bond motifs is 1. The quantitative estimate of drug-likeness (QED) is 0.836. The summed E-state index contributed by atoms with van der Waals surface area (Å²) in [4.78, 5) is 30.1. The van der Waals surface area contributed by atoms with E-state index >= 15 is 0 Å². The highest BCUT2D eigenvalue weighted by atomic mass is 16.2. The van der Waals surface area contributed by atoms with Crippen LogP contribution in [0, 0.1) is 12.8 Å². The first-order valence-corrected chi connectivity index (χ1v) is 9.19. The SMILES string of the molecule is Cc1cnccc1CNC(=O)NCc1cc2n(n1)CCN(C(=O)C(C)C)C2. The maximum Gasteiger partial charge on any atom is 0.315 e. The van der Waals surface area contributed by atoms with Crippen molar-refractivity contribution in [3.63, 3.8) is 0 Å². The highest BCUT2D eigenvalue weighted by molar-refractivity contribution is 5.78. The Morgan fingerprint density at radius 1 is 1.22 bits per heavy atom. The molecule has 27 heavy (non-hydrogen) atoms. The van der Waals surface area contributed by atoms with Crippen LogP contribution in [0.2, 0.25) is 0 Å². The lowest BCUT2D eigenvalue weighted by atomic mass is 10.1. The molecule has 0 radical (unpaired) electrons. The van der Waals surface area contributed by atoms with Crippen molar-refractivity contribution in [2.24, 2.45) is 5.92 Å². The van der Waals surface area contributed by atoms with E-state index in [0.717, 1.165) is 22.5 Å². The van der Waals surface area contributed by atoms with Gasteiger partial charge in [0.15, 0.2) is 0 Å². The molecule has 0 bridgehead atoms. The Hall–Kier alpha value is -2.90. The summed E-state index contributed by atoms with van der Waals surface area (Å²) in [7, 11) is 0. The van der Waals surface area contributed by atoms with Crippen molar-refractivity contribution in [3.05, 3.63) is 47.0 Å². The van der Waals surface area contributed by atoms with Gasteiger partial charge < -0.3 is 15.5 Å². The van der Waals surface area contributed by atoms with Gasteiger partial charge in [-0.05, 0) is 30.2 Å². The minimum absolute atomic E-state index is 0.00617. The maximum absolute atomic E-state index is 12.2. The zero-order chi connectivity index (χ0) is 19.4. The lowest BCUT2D eigenvalue weighted by molar-refractivity contribution is -0.136. The van der Waals surface area contributed by atoms with E-state index in [1.807, 2.05) is 42.5 Å². The number of aryl methyl sites for hydroxylation is 1. The van der Waals surface area contributed by atoms with E-state index in [1.54, 1.807) is 12.4 Å². The van der Waals surface area contributed by atoms with Gasteiger partial charge >= 0.3 is 6.03 Å². The van der Waals surface area contributed by atoms with Crippen LogP contribution in [0.25, 0.3) is 0 Å². The predicted octanol–water partition coefficient (Wildman–Crippen LogP) is 1.58. The van der Waals surface area contributed by atoms with Crippen LogP contribution in [-0.2, 0) is 31.0 Å². The molecule has 0 unspecified atom stereocenters. The van der Waals surface area contributed by atoms with Gasteiger partial charge in [-0.2, -0.15) is 5.10 Å². The second-order valence-corrected chi connectivity index (χ2v) is 7.10. The van der Waals surface area contributed by atoms with Crippen molar-refractivity contribution in [2.45, 2.75) is 47.0 Å². The number of hydrogen-bond acceptors (Lipinski definition) is 4. The van der Waals surface area contributed by atoms with Crippen LogP contribution in [0.15, 0.2) is 24.5 Å². The van der Waals surface area contributed by atoms with Gasteiger partial charge in [0.05, 0.1) is 31.0 Å². The van der Waals surface area contributed by atoms with Crippen molar-refractivity contribution in [1.29, 1.82) is 0 Å². The molecule has 8 nitrogen and oxygen atoms in total. The molecule has 3 heterocycles. The fourth-order valence-corrected chi connectivity index (χ4v) is 3.07. The standard InChI is InChI=1S/C19H26N6O2/c1-13(2)18(26)24-6-7-25-17(12-24)8-16(23-25)11-22-19(27)21-10-15-4-5-20-9-14(15)3/h4-5,8-9,13H,6-7,10-12H2,1-3H3,(H2,21,22,27). The molecule has 0 atom stereocenters. The van der Waals surface area contributed by atoms with E-state index in [-0.39, 0.29) is 17.9 Å². The van der Waals surface area contributed by atoms with Crippen LogP contribution in [0.3, 0.4) is 0 Å². The smallest absolute Gasteiger partial charge is 0.315 e. The summed E-state index contributed by atoms with van der Waals surface area (Å²) in [5, 5.41) is 10.2. The molecule has 1 aliphatic heterocycles. The van der Waals surface area contributed by atoms with Crippen LogP contribution < -0.4 is 10.6 Å². The molecule has 1 aliphatic rings. The minimum Gasteiger partial charge on any atom is -0.335 e. The molecule has 2 N–H and O–H groups in total. The largest absolute Gasteiger partial charge is 0.335 e. The highest BCUT2D eigenvalue weighted by Crippen LogP contribution is 2.16. The van der Waals surface area contributed by atoms with Crippen LogP contribution in [0.4, 0.5) is 4.79 Å². The Balaban J connectivity index is 1.50. The molecule has 0 saturated heterocycles. The third kappa shape index (κ3) is 4.64. The number of aromatic nitrogens is 3. The molecule has 2 aromatic rings. The molecule has 3 rings (SSSR count). The van der Waals surface area contributed by atoms with Gasteiger partial charge in [0.2, 0.25) is 5.91 Å². The summed E-state index contributed by atoms with van der Waals surface area (Å²) in [5.74, 6) is 0.154. The van der Waals surface area contributed by atoms with Crippen LogP contribution in [0.1, 0.15) is 36.4 Å². The molecule has 0 aromatic carbocycles. The van der Waals surface area contributed by atoms with Crippen molar-refractivity contribution in [2.75, 3.05) is 6.54 Å². The molecule has 0 saturated carbocycles. The molecule has 2 aromatic heterocycles. The van der Waals surface area contributed by atoms with Gasteiger partial charge in [0, 0.05) is 31.4 Å². The fourth-order valence-electron chi connectivity index (χ4n) is 3.07. The van der Waals surface area contributed by atoms with E-state index in [0.29, 0.717) is 32.7 Å². The number of nitrogens with one attached hydrogen (secondary N) is 2. The molecule has 3 amide bonds. The zero-order valence-electron chi connectivity index (χ0n) is 16.0. The fraction of sp³-hybridized carbons (Fsp3) is 0.474. The number of rotatable bonds is 5. The Bertz CT molecular complexity index is 829. The number of hydrogen-bond donors (Lipinski definition) is 2. The third-order valence-corrected chi connectivity index (χ3v) is 4.66. The van der Waals surface area contributed by atoms with E-state index in [9.17, 15) is 9.59 Å². The number of carbonyl (C=O) groups excluding carboxylic acids is 2.